The Morgan fingerprint density at radius 1 is 1.06 bits per heavy atom. The zero-order chi connectivity index (χ0) is 25.1. The number of fused-ring (bicyclic) bond motifs is 3. The predicted octanol–water partition coefficient (Wildman–Crippen LogP) is 4.51. The summed E-state index contributed by atoms with van der Waals surface area (Å²) in [6.45, 7) is 6.63. The molecular weight excluding hydrogens is 444 g/mol. The van der Waals surface area contributed by atoms with E-state index in [9.17, 15) is 19.5 Å². The molecule has 1 fully saturated rings. The molecule has 35 heavy (non-hydrogen) atoms. The van der Waals surface area contributed by atoms with Crippen molar-refractivity contribution in [2.75, 3.05) is 19.7 Å². The van der Waals surface area contributed by atoms with Crippen LogP contribution in [-0.2, 0) is 14.3 Å². The molecule has 0 spiro atoms. The van der Waals surface area contributed by atoms with Crippen molar-refractivity contribution < 1.29 is 24.2 Å². The van der Waals surface area contributed by atoms with Gasteiger partial charge < -0.3 is 20.1 Å². The first kappa shape index (κ1) is 24.8. The van der Waals surface area contributed by atoms with Crippen molar-refractivity contribution in [1.82, 2.24) is 10.2 Å². The normalized spacial score (nSPS) is 20.6. The third kappa shape index (κ3) is 5.19. The molecule has 1 heterocycles. The van der Waals surface area contributed by atoms with Gasteiger partial charge in [-0.1, -0.05) is 75.7 Å². The fourth-order valence-electron chi connectivity index (χ4n) is 5.26. The maximum absolute atomic E-state index is 13.3. The Morgan fingerprint density at radius 3 is 2.20 bits per heavy atom. The number of nitrogens with zero attached hydrogens (tertiary/aromatic N) is 1. The van der Waals surface area contributed by atoms with E-state index in [0.717, 1.165) is 28.7 Å². The van der Waals surface area contributed by atoms with Crippen LogP contribution in [0.4, 0.5) is 4.79 Å². The molecular formula is C28H34N2O5. The van der Waals surface area contributed by atoms with E-state index in [4.69, 9.17) is 4.74 Å². The second kappa shape index (κ2) is 10.5. The number of nitrogens with one attached hydrogen (secondary N) is 1. The lowest BCUT2D eigenvalue weighted by Gasteiger charge is -2.26. The van der Waals surface area contributed by atoms with Crippen LogP contribution in [0.25, 0.3) is 11.1 Å². The minimum Gasteiger partial charge on any atom is -0.481 e. The number of amides is 2. The molecule has 1 aliphatic heterocycles. The second-order valence-corrected chi connectivity index (χ2v) is 9.94. The van der Waals surface area contributed by atoms with Gasteiger partial charge >= 0.3 is 12.1 Å². The largest absolute Gasteiger partial charge is 0.481 e. The first-order valence-electron chi connectivity index (χ1n) is 12.4. The number of ether oxygens (including phenoxy) is 1. The van der Waals surface area contributed by atoms with Gasteiger partial charge in [0.25, 0.3) is 0 Å². The van der Waals surface area contributed by atoms with Gasteiger partial charge in [0.05, 0.1) is 5.92 Å². The standard InChI is InChI=1S/C28H34N2O5/c1-4-17(2)13-25(26(31)30-14-18(3)23(15-30)27(32)33)29-28(34)35-16-24-21-11-7-5-9-19(21)20-10-6-8-12-22(20)24/h5-12,17-18,23-25H,4,13-16H2,1-3H3,(H,29,34)(H,32,33)/t17?,18-,23-,25?/m1/s1. The molecule has 1 saturated heterocycles. The number of hydrogen-bond acceptors (Lipinski definition) is 4. The summed E-state index contributed by atoms with van der Waals surface area (Å²) in [6.07, 6.45) is 0.711. The molecule has 0 saturated carbocycles. The van der Waals surface area contributed by atoms with Crippen LogP contribution >= 0.6 is 0 Å². The Hall–Kier alpha value is -3.35. The number of hydrogen-bond donors (Lipinski definition) is 2. The van der Waals surface area contributed by atoms with Gasteiger partial charge in [0, 0.05) is 19.0 Å². The molecule has 7 heteroatoms. The number of alkyl carbamates (subject to hydrolysis) is 1. The fourth-order valence-corrected chi connectivity index (χ4v) is 5.26. The summed E-state index contributed by atoms with van der Waals surface area (Å²) in [5.41, 5.74) is 4.55. The summed E-state index contributed by atoms with van der Waals surface area (Å²) in [7, 11) is 0. The highest BCUT2D eigenvalue weighted by atomic mass is 16.5. The highest BCUT2D eigenvalue weighted by molar-refractivity contribution is 5.87. The Morgan fingerprint density at radius 2 is 1.66 bits per heavy atom. The van der Waals surface area contributed by atoms with Crippen LogP contribution in [0.3, 0.4) is 0 Å². The zero-order valence-electron chi connectivity index (χ0n) is 20.6. The summed E-state index contributed by atoms with van der Waals surface area (Å²) in [4.78, 5) is 39.2. The molecule has 0 aromatic heterocycles. The maximum atomic E-state index is 13.3. The number of aliphatic carboxylic acids is 1. The molecule has 2 N–H and O–H groups in total. The van der Waals surface area contributed by atoms with Crippen LogP contribution in [0, 0.1) is 17.8 Å². The SMILES string of the molecule is CCC(C)CC(NC(=O)OCC1c2ccccc2-c2ccccc21)C(=O)N1C[C@@H](C)[C@H](C(=O)O)C1. The summed E-state index contributed by atoms with van der Waals surface area (Å²) < 4.78 is 5.66. The smallest absolute Gasteiger partial charge is 0.407 e. The van der Waals surface area contributed by atoms with Crippen molar-refractivity contribution in [3.8, 4) is 11.1 Å². The molecule has 186 valence electrons. The van der Waals surface area contributed by atoms with E-state index in [1.165, 1.54) is 0 Å². The van der Waals surface area contributed by atoms with E-state index >= 15 is 0 Å². The van der Waals surface area contributed by atoms with Gasteiger partial charge in [-0.3, -0.25) is 9.59 Å². The van der Waals surface area contributed by atoms with Gasteiger partial charge in [-0.15, -0.1) is 0 Å². The van der Waals surface area contributed by atoms with Crippen molar-refractivity contribution in [1.29, 1.82) is 0 Å². The van der Waals surface area contributed by atoms with E-state index < -0.39 is 24.0 Å². The molecule has 4 rings (SSSR count). The zero-order valence-corrected chi connectivity index (χ0v) is 20.6. The molecule has 2 aromatic rings. The number of rotatable bonds is 8. The number of likely N-dealkylation sites (tertiary alicyclic amines) is 1. The fraction of sp³-hybridized carbons (Fsp3) is 0.464. The number of carboxylic acid groups (broad SMARTS) is 1. The molecule has 0 radical (unpaired) electrons. The summed E-state index contributed by atoms with van der Waals surface area (Å²) in [6, 6.07) is 15.5. The first-order chi connectivity index (χ1) is 16.8. The number of benzene rings is 2. The third-order valence-corrected chi connectivity index (χ3v) is 7.51. The average molecular weight is 479 g/mol. The highest BCUT2D eigenvalue weighted by Gasteiger charge is 2.39. The van der Waals surface area contributed by atoms with Crippen molar-refractivity contribution in [2.24, 2.45) is 17.8 Å². The van der Waals surface area contributed by atoms with Gasteiger partial charge in [-0.25, -0.2) is 4.79 Å². The highest BCUT2D eigenvalue weighted by Crippen LogP contribution is 2.44. The van der Waals surface area contributed by atoms with E-state index in [1.54, 1.807) is 4.90 Å². The van der Waals surface area contributed by atoms with E-state index in [-0.39, 0.29) is 36.8 Å². The molecule has 2 unspecified atom stereocenters. The van der Waals surface area contributed by atoms with Gasteiger partial charge in [0.15, 0.2) is 0 Å². The van der Waals surface area contributed by atoms with E-state index in [0.29, 0.717) is 13.0 Å². The number of carbonyl (C=O) groups is 3. The molecule has 2 aliphatic rings. The lowest BCUT2D eigenvalue weighted by Crippen LogP contribution is -2.49. The molecule has 0 bridgehead atoms. The van der Waals surface area contributed by atoms with E-state index in [1.807, 2.05) is 45.0 Å². The lowest BCUT2D eigenvalue weighted by atomic mass is 9.98. The topological polar surface area (TPSA) is 95.9 Å². The average Bonchev–Trinajstić information content (AvgIpc) is 3.40. The first-order valence-corrected chi connectivity index (χ1v) is 12.4. The Balaban J connectivity index is 1.43. The molecule has 7 nitrogen and oxygen atoms in total. The Bertz CT molecular complexity index is 1050. The van der Waals surface area contributed by atoms with Crippen molar-refractivity contribution in [2.45, 2.75) is 45.6 Å². The monoisotopic (exact) mass is 478 g/mol. The molecule has 1 aliphatic carbocycles. The van der Waals surface area contributed by atoms with Gasteiger partial charge in [-0.2, -0.15) is 0 Å². The lowest BCUT2D eigenvalue weighted by molar-refractivity contribution is -0.142. The summed E-state index contributed by atoms with van der Waals surface area (Å²) in [5.74, 6) is -1.70. The van der Waals surface area contributed by atoms with Gasteiger partial charge in [0.2, 0.25) is 5.91 Å². The molecule has 4 atom stereocenters. The quantitative estimate of drug-likeness (QED) is 0.582. The van der Waals surface area contributed by atoms with Crippen LogP contribution in [-0.4, -0.2) is 53.7 Å². The van der Waals surface area contributed by atoms with Gasteiger partial charge in [-0.05, 0) is 40.5 Å². The summed E-state index contributed by atoms with van der Waals surface area (Å²) in [5, 5.41) is 12.2. The third-order valence-electron chi connectivity index (χ3n) is 7.51. The van der Waals surface area contributed by atoms with Crippen LogP contribution in [0.2, 0.25) is 0 Å². The van der Waals surface area contributed by atoms with E-state index in [2.05, 4.69) is 29.6 Å². The van der Waals surface area contributed by atoms with Crippen molar-refractivity contribution in [3.63, 3.8) is 0 Å². The van der Waals surface area contributed by atoms with Crippen LogP contribution in [0.1, 0.15) is 50.7 Å². The van der Waals surface area contributed by atoms with Crippen LogP contribution in [0.15, 0.2) is 48.5 Å². The van der Waals surface area contributed by atoms with Gasteiger partial charge in [0.1, 0.15) is 12.6 Å². The second-order valence-electron chi connectivity index (χ2n) is 9.94. The Kier molecular flexibility index (Phi) is 7.43. The number of carbonyl (C=O) groups excluding carboxylic acids is 2. The minimum absolute atomic E-state index is 0.0624. The maximum Gasteiger partial charge on any atom is 0.407 e. The number of carboxylic acids is 1. The summed E-state index contributed by atoms with van der Waals surface area (Å²) >= 11 is 0. The molecule has 2 amide bonds. The minimum atomic E-state index is -0.893. The molecule has 2 aromatic carbocycles. The van der Waals surface area contributed by atoms with Crippen molar-refractivity contribution in [3.05, 3.63) is 59.7 Å². The van der Waals surface area contributed by atoms with Crippen LogP contribution < -0.4 is 5.32 Å². The predicted molar refractivity (Wildman–Crippen MR) is 133 cm³/mol. The van der Waals surface area contributed by atoms with Crippen LogP contribution in [0.5, 0.6) is 0 Å². The Labute approximate surface area is 206 Å². The van der Waals surface area contributed by atoms with Crippen molar-refractivity contribution >= 4 is 18.0 Å².